The number of ether oxygens (including phenoxy) is 1. The Morgan fingerprint density at radius 1 is 0.976 bits per heavy atom. The van der Waals surface area contributed by atoms with Crippen LogP contribution in [0, 0.1) is 11.7 Å². The summed E-state index contributed by atoms with van der Waals surface area (Å²) in [5.41, 5.74) is 8.78. The monoisotopic (exact) mass is 601 g/mol. The van der Waals surface area contributed by atoms with Crippen LogP contribution >= 0.6 is 0 Å². The number of alkyl halides is 3. The maximum absolute atomic E-state index is 13.3. The molecule has 1 aliphatic heterocycles. The Morgan fingerprint density at radius 3 is 2.31 bits per heavy atom. The van der Waals surface area contributed by atoms with Gasteiger partial charge < -0.3 is 15.8 Å². The second kappa shape index (κ2) is 11.9. The van der Waals surface area contributed by atoms with Crippen molar-refractivity contribution in [1.29, 1.82) is 0 Å². The number of aromatic nitrogens is 2. The van der Waals surface area contributed by atoms with Gasteiger partial charge >= 0.3 is 6.36 Å². The van der Waals surface area contributed by atoms with Gasteiger partial charge in [-0.3, -0.25) is 0 Å². The summed E-state index contributed by atoms with van der Waals surface area (Å²) in [5, 5.41) is 3.01. The van der Waals surface area contributed by atoms with Crippen LogP contribution in [0.25, 0.3) is 11.3 Å². The summed E-state index contributed by atoms with van der Waals surface area (Å²) in [4.78, 5) is 8.72. The Kier molecular flexibility index (Phi) is 8.32. The standard InChI is InChI=1S/C29H27F4N5O3S/c30-22-4-1-21(26(34)18-22)17-19-12-15-38(16-13-19)42(39,40)25-9-5-23(6-10-25)36-28-35-14-11-27(37-28)20-2-7-24(8-3-20)41-29(31,32)33/h1-11,14,18-19H,12-13,15-17,34H2,(H,35,36,37). The van der Waals surface area contributed by atoms with E-state index in [0.717, 1.165) is 5.56 Å². The molecule has 0 atom stereocenters. The van der Waals surface area contributed by atoms with Crippen molar-refractivity contribution in [3.05, 3.63) is 90.4 Å². The number of nitrogens with two attached hydrogens (primary N) is 1. The fourth-order valence-corrected chi connectivity index (χ4v) is 6.28. The van der Waals surface area contributed by atoms with Crippen molar-refractivity contribution in [3.8, 4) is 17.0 Å². The van der Waals surface area contributed by atoms with Crippen molar-refractivity contribution in [1.82, 2.24) is 14.3 Å². The minimum absolute atomic E-state index is 0.158. The van der Waals surface area contributed by atoms with Gasteiger partial charge in [-0.1, -0.05) is 6.07 Å². The molecule has 0 radical (unpaired) electrons. The summed E-state index contributed by atoms with van der Waals surface area (Å²) in [6.45, 7) is 0.746. The van der Waals surface area contributed by atoms with Crippen molar-refractivity contribution in [2.75, 3.05) is 24.1 Å². The van der Waals surface area contributed by atoms with E-state index in [9.17, 15) is 26.0 Å². The number of nitrogens with zero attached hydrogens (tertiary/aromatic N) is 3. The number of piperidine rings is 1. The zero-order valence-electron chi connectivity index (χ0n) is 22.2. The van der Waals surface area contributed by atoms with Gasteiger partial charge in [0.25, 0.3) is 0 Å². The van der Waals surface area contributed by atoms with E-state index in [0.29, 0.717) is 55.0 Å². The third-order valence-electron chi connectivity index (χ3n) is 6.98. The first kappa shape index (κ1) is 29.3. The van der Waals surface area contributed by atoms with Gasteiger partial charge in [-0.05, 0) is 97.5 Å². The van der Waals surface area contributed by atoms with Crippen molar-refractivity contribution >= 4 is 27.3 Å². The second-order valence-corrected chi connectivity index (χ2v) is 11.8. The Balaban J connectivity index is 1.19. The van der Waals surface area contributed by atoms with Gasteiger partial charge in [-0.2, -0.15) is 4.31 Å². The van der Waals surface area contributed by atoms with Crippen LogP contribution in [0.4, 0.5) is 34.9 Å². The Hall–Kier alpha value is -4.23. The molecule has 0 spiro atoms. The van der Waals surface area contributed by atoms with Gasteiger partial charge in [-0.15, -0.1) is 13.2 Å². The molecule has 2 heterocycles. The fraction of sp³-hybridized carbons (Fsp3) is 0.241. The summed E-state index contributed by atoms with van der Waals surface area (Å²) in [6, 6.07) is 17.5. The van der Waals surface area contributed by atoms with Crippen molar-refractivity contribution in [2.24, 2.45) is 5.92 Å². The molecule has 1 aromatic heterocycles. The van der Waals surface area contributed by atoms with Gasteiger partial charge in [0, 0.05) is 36.2 Å². The van der Waals surface area contributed by atoms with Gasteiger partial charge in [-0.25, -0.2) is 22.8 Å². The van der Waals surface area contributed by atoms with E-state index < -0.39 is 16.4 Å². The van der Waals surface area contributed by atoms with Crippen LogP contribution in [-0.2, 0) is 16.4 Å². The lowest BCUT2D eigenvalue weighted by atomic mass is 9.90. The number of anilines is 3. The normalized spacial score (nSPS) is 15.0. The molecule has 5 rings (SSSR count). The summed E-state index contributed by atoms with van der Waals surface area (Å²) in [7, 11) is -3.70. The predicted molar refractivity (Wildman–Crippen MR) is 150 cm³/mol. The van der Waals surface area contributed by atoms with E-state index >= 15 is 0 Å². The molecule has 0 amide bonds. The fourth-order valence-electron chi connectivity index (χ4n) is 4.81. The van der Waals surface area contributed by atoms with Gasteiger partial charge in [0.1, 0.15) is 11.6 Å². The number of nitrogens with one attached hydrogen (secondary N) is 1. The zero-order chi connectivity index (χ0) is 29.9. The SMILES string of the molecule is Nc1cc(F)ccc1CC1CCN(S(=O)(=O)c2ccc(Nc3nccc(-c4ccc(OC(F)(F)F)cc4)n3)cc2)CC1. The molecular weight excluding hydrogens is 574 g/mol. The lowest BCUT2D eigenvalue weighted by molar-refractivity contribution is -0.274. The molecule has 220 valence electrons. The number of hydrogen-bond donors (Lipinski definition) is 2. The largest absolute Gasteiger partial charge is 0.573 e. The first-order chi connectivity index (χ1) is 20.0. The number of sulfonamides is 1. The van der Waals surface area contributed by atoms with Gasteiger partial charge in [0.2, 0.25) is 16.0 Å². The molecule has 3 aromatic carbocycles. The van der Waals surface area contributed by atoms with Gasteiger partial charge in [0.05, 0.1) is 10.6 Å². The molecular formula is C29H27F4N5O3S. The number of nitrogen functional groups attached to an aromatic ring is 1. The number of benzene rings is 3. The predicted octanol–water partition coefficient (Wildman–Crippen LogP) is 6.15. The molecule has 1 saturated heterocycles. The van der Waals surface area contributed by atoms with Crippen molar-refractivity contribution in [3.63, 3.8) is 0 Å². The van der Waals surface area contributed by atoms with E-state index in [4.69, 9.17) is 5.73 Å². The highest BCUT2D eigenvalue weighted by molar-refractivity contribution is 7.89. The number of hydrogen-bond acceptors (Lipinski definition) is 7. The van der Waals surface area contributed by atoms with Crippen molar-refractivity contribution < 1.29 is 30.7 Å². The molecule has 0 bridgehead atoms. The molecule has 1 fully saturated rings. The summed E-state index contributed by atoms with van der Waals surface area (Å²) in [6.07, 6.45) is -1.27. The maximum Gasteiger partial charge on any atom is 0.573 e. The van der Waals surface area contributed by atoms with Crippen LogP contribution in [0.5, 0.6) is 5.75 Å². The lowest BCUT2D eigenvalue weighted by Crippen LogP contribution is -2.38. The average Bonchev–Trinajstić information content (AvgIpc) is 2.95. The van der Waals surface area contributed by atoms with Crippen LogP contribution in [-0.4, -0.2) is 42.1 Å². The number of rotatable bonds is 8. The van der Waals surface area contributed by atoms with Crippen molar-refractivity contribution in [2.45, 2.75) is 30.5 Å². The quantitative estimate of drug-likeness (QED) is 0.184. The Bertz CT molecular complexity index is 1640. The van der Waals surface area contributed by atoms with Crippen LogP contribution in [0.2, 0.25) is 0 Å². The van der Waals surface area contributed by atoms with Crippen LogP contribution in [0.3, 0.4) is 0 Å². The highest BCUT2D eigenvalue weighted by Gasteiger charge is 2.31. The minimum Gasteiger partial charge on any atom is -0.406 e. The molecule has 8 nitrogen and oxygen atoms in total. The third-order valence-corrected chi connectivity index (χ3v) is 8.89. The molecule has 42 heavy (non-hydrogen) atoms. The van der Waals surface area contributed by atoms with E-state index in [-0.39, 0.29) is 28.3 Å². The zero-order valence-corrected chi connectivity index (χ0v) is 23.0. The highest BCUT2D eigenvalue weighted by atomic mass is 32.2. The van der Waals surface area contributed by atoms with E-state index in [1.165, 1.54) is 59.0 Å². The van der Waals surface area contributed by atoms with E-state index in [1.54, 1.807) is 24.3 Å². The highest BCUT2D eigenvalue weighted by Crippen LogP contribution is 2.29. The molecule has 0 aliphatic carbocycles. The molecule has 0 saturated carbocycles. The van der Waals surface area contributed by atoms with Gasteiger partial charge in [0.15, 0.2) is 0 Å². The van der Waals surface area contributed by atoms with Crippen LogP contribution in [0.15, 0.2) is 83.9 Å². The van der Waals surface area contributed by atoms with E-state index in [2.05, 4.69) is 20.0 Å². The lowest BCUT2D eigenvalue weighted by Gasteiger charge is -2.31. The molecule has 1 aliphatic rings. The van der Waals surface area contributed by atoms with Crippen LogP contribution in [0.1, 0.15) is 18.4 Å². The summed E-state index contributed by atoms with van der Waals surface area (Å²) >= 11 is 0. The average molecular weight is 602 g/mol. The molecule has 0 unspecified atom stereocenters. The summed E-state index contributed by atoms with van der Waals surface area (Å²) in [5.74, 6) is -0.250. The Morgan fingerprint density at radius 2 is 1.67 bits per heavy atom. The van der Waals surface area contributed by atoms with E-state index in [1.807, 2.05) is 0 Å². The summed E-state index contributed by atoms with van der Waals surface area (Å²) < 4.78 is 82.5. The molecule has 4 aromatic rings. The minimum atomic E-state index is -4.78. The first-order valence-corrected chi connectivity index (χ1v) is 14.5. The first-order valence-electron chi connectivity index (χ1n) is 13.1. The van der Waals surface area contributed by atoms with Crippen LogP contribution < -0.4 is 15.8 Å². The third kappa shape index (κ3) is 7.15. The molecule has 3 N–H and O–H groups in total. The number of halogens is 4. The Labute approximate surface area is 240 Å². The maximum atomic E-state index is 13.3. The second-order valence-electron chi connectivity index (χ2n) is 9.88. The smallest absolute Gasteiger partial charge is 0.406 e. The molecule has 13 heteroatoms. The topological polar surface area (TPSA) is 110 Å².